The highest BCUT2D eigenvalue weighted by Gasteiger charge is 2.15. The summed E-state index contributed by atoms with van der Waals surface area (Å²) in [6.07, 6.45) is 2.67. The second kappa shape index (κ2) is 6.56. The maximum absolute atomic E-state index is 12.0. The van der Waals surface area contributed by atoms with Gasteiger partial charge in [-0.15, -0.1) is 0 Å². The van der Waals surface area contributed by atoms with Crippen LogP contribution in [0.15, 0.2) is 46.6 Å². The van der Waals surface area contributed by atoms with Crippen molar-refractivity contribution in [1.82, 2.24) is 0 Å². The Labute approximate surface area is 129 Å². The van der Waals surface area contributed by atoms with Crippen molar-refractivity contribution in [2.24, 2.45) is 0 Å². The minimum Gasteiger partial charge on any atom is -0.465 e. The number of carbonyl (C=O) groups is 1. The van der Waals surface area contributed by atoms with Gasteiger partial charge >= 0.3 is 0 Å². The van der Waals surface area contributed by atoms with E-state index < -0.39 is 10.8 Å². The molecule has 1 heterocycles. The fourth-order valence-electron chi connectivity index (χ4n) is 1.59. The first kappa shape index (κ1) is 15.3. The number of nitriles is 1. The number of nitro groups is 1. The molecule has 0 aliphatic rings. The van der Waals surface area contributed by atoms with Crippen molar-refractivity contribution in [1.29, 1.82) is 5.26 Å². The molecule has 0 fully saturated rings. The molecular weight excluding hydrogens is 310 g/mol. The topological polar surface area (TPSA) is 109 Å². The molecule has 7 nitrogen and oxygen atoms in total. The smallest absolute Gasteiger partial charge is 0.289 e. The largest absolute Gasteiger partial charge is 0.465 e. The highest BCUT2D eigenvalue weighted by molar-refractivity contribution is 6.32. The fourth-order valence-corrected chi connectivity index (χ4v) is 1.78. The lowest BCUT2D eigenvalue weighted by molar-refractivity contribution is -0.384. The highest BCUT2D eigenvalue weighted by Crippen LogP contribution is 2.27. The molecule has 0 radical (unpaired) electrons. The van der Waals surface area contributed by atoms with Crippen molar-refractivity contribution in [3.63, 3.8) is 0 Å². The lowest BCUT2D eigenvalue weighted by atomic mass is 10.2. The minimum atomic E-state index is -0.712. The SMILES string of the molecule is N#CC(=Cc1ccco1)C(=O)Nc1ccc(Cl)c([N+](=O)[O-])c1. The summed E-state index contributed by atoms with van der Waals surface area (Å²) in [6, 6.07) is 8.73. The zero-order chi connectivity index (χ0) is 16.1. The van der Waals surface area contributed by atoms with Crippen LogP contribution in [0.25, 0.3) is 6.08 Å². The van der Waals surface area contributed by atoms with E-state index in [2.05, 4.69) is 5.32 Å². The molecule has 110 valence electrons. The number of nitro benzene ring substituents is 1. The molecule has 1 aromatic heterocycles. The van der Waals surface area contributed by atoms with Crippen LogP contribution in [0.1, 0.15) is 5.76 Å². The van der Waals surface area contributed by atoms with Gasteiger partial charge in [-0.1, -0.05) is 11.6 Å². The number of benzene rings is 1. The molecule has 1 amide bonds. The molecule has 2 aromatic rings. The Balaban J connectivity index is 2.23. The zero-order valence-corrected chi connectivity index (χ0v) is 11.7. The quantitative estimate of drug-likeness (QED) is 0.402. The molecule has 0 saturated heterocycles. The number of nitrogens with zero attached hydrogens (tertiary/aromatic N) is 2. The predicted molar refractivity (Wildman–Crippen MR) is 79.0 cm³/mol. The first-order valence-corrected chi connectivity index (χ1v) is 6.29. The second-order valence-electron chi connectivity index (χ2n) is 4.06. The summed E-state index contributed by atoms with van der Waals surface area (Å²) in [6.45, 7) is 0. The highest BCUT2D eigenvalue weighted by atomic mass is 35.5. The van der Waals surface area contributed by atoms with Gasteiger partial charge < -0.3 is 9.73 Å². The van der Waals surface area contributed by atoms with Crippen molar-refractivity contribution in [3.05, 3.63) is 63.1 Å². The van der Waals surface area contributed by atoms with Crippen LogP contribution in [0.5, 0.6) is 0 Å². The van der Waals surface area contributed by atoms with Gasteiger partial charge in [0.05, 0.1) is 11.2 Å². The molecule has 22 heavy (non-hydrogen) atoms. The molecule has 0 bridgehead atoms. The third kappa shape index (κ3) is 3.50. The summed E-state index contributed by atoms with van der Waals surface area (Å²) in [7, 11) is 0. The molecule has 2 rings (SSSR count). The van der Waals surface area contributed by atoms with Gasteiger partial charge in [-0.2, -0.15) is 5.26 Å². The van der Waals surface area contributed by atoms with Crippen molar-refractivity contribution in [2.45, 2.75) is 0 Å². The third-order valence-corrected chi connectivity index (χ3v) is 2.92. The van der Waals surface area contributed by atoms with Crippen LogP contribution in [0.3, 0.4) is 0 Å². The zero-order valence-electron chi connectivity index (χ0n) is 10.9. The number of carbonyl (C=O) groups excluding carboxylic acids is 1. The second-order valence-corrected chi connectivity index (χ2v) is 4.47. The molecule has 0 saturated carbocycles. The number of furan rings is 1. The van der Waals surface area contributed by atoms with E-state index in [1.165, 1.54) is 24.5 Å². The first-order chi connectivity index (χ1) is 10.5. The van der Waals surface area contributed by atoms with Gasteiger partial charge in [-0.05, 0) is 24.3 Å². The number of nitrogens with one attached hydrogen (secondary N) is 1. The van der Waals surface area contributed by atoms with Crippen molar-refractivity contribution in [3.8, 4) is 6.07 Å². The monoisotopic (exact) mass is 317 g/mol. The first-order valence-electron chi connectivity index (χ1n) is 5.92. The molecule has 0 aliphatic carbocycles. The van der Waals surface area contributed by atoms with Crippen LogP contribution in [-0.2, 0) is 4.79 Å². The van der Waals surface area contributed by atoms with Gasteiger partial charge in [-0.25, -0.2) is 0 Å². The molecule has 0 unspecified atom stereocenters. The van der Waals surface area contributed by atoms with Crippen LogP contribution in [-0.4, -0.2) is 10.8 Å². The number of hydrogen-bond acceptors (Lipinski definition) is 5. The standard InChI is InChI=1S/C14H8ClN3O4/c15-12-4-3-10(7-13(12)18(20)21)17-14(19)9(8-16)6-11-2-1-5-22-11/h1-7H,(H,17,19). The van der Waals surface area contributed by atoms with E-state index in [0.29, 0.717) is 5.76 Å². The molecule has 8 heteroatoms. The molecular formula is C14H8ClN3O4. The van der Waals surface area contributed by atoms with Crippen LogP contribution < -0.4 is 5.32 Å². The Morgan fingerprint density at radius 2 is 2.23 bits per heavy atom. The number of anilines is 1. The van der Waals surface area contributed by atoms with E-state index in [-0.39, 0.29) is 22.0 Å². The lowest BCUT2D eigenvalue weighted by Crippen LogP contribution is -2.13. The van der Waals surface area contributed by atoms with Gasteiger partial charge in [0.15, 0.2) is 0 Å². The maximum Gasteiger partial charge on any atom is 0.289 e. The number of rotatable bonds is 4. The molecule has 1 N–H and O–H groups in total. The van der Waals surface area contributed by atoms with E-state index in [9.17, 15) is 14.9 Å². The third-order valence-electron chi connectivity index (χ3n) is 2.60. The van der Waals surface area contributed by atoms with Crippen LogP contribution >= 0.6 is 11.6 Å². The molecule has 0 aliphatic heterocycles. The van der Waals surface area contributed by atoms with Crippen LogP contribution in [0, 0.1) is 21.4 Å². The van der Waals surface area contributed by atoms with Gasteiger partial charge in [0, 0.05) is 17.8 Å². The summed E-state index contributed by atoms with van der Waals surface area (Å²) in [5, 5.41) is 22.2. The van der Waals surface area contributed by atoms with Gasteiger partial charge in [0.1, 0.15) is 22.4 Å². The van der Waals surface area contributed by atoms with Crippen LogP contribution in [0.4, 0.5) is 11.4 Å². The van der Waals surface area contributed by atoms with Crippen molar-refractivity contribution >= 4 is 35.0 Å². The number of amides is 1. The fraction of sp³-hybridized carbons (Fsp3) is 0. The average molecular weight is 318 g/mol. The Kier molecular flexibility index (Phi) is 4.56. The van der Waals surface area contributed by atoms with E-state index >= 15 is 0 Å². The van der Waals surface area contributed by atoms with Crippen molar-refractivity contribution < 1.29 is 14.1 Å². The molecule has 0 atom stereocenters. The maximum atomic E-state index is 12.0. The normalized spacial score (nSPS) is 10.8. The lowest BCUT2D eigenvalue weighted by Gasteiger charge is -2.04. The summed E-state index contributed by atoms with van der Waals surface area (Å²) in [5.41, 5.74) is -0.387. The minimum absolute atomic E-state index is 0.0466. The Morgan fingerprint density at radius 3 is 2.82 bits per heavy atom. The Morgan fingerprint density at radius 1 is 1.45 bits per heavy atom. The predicted octanol–water partition coefficient (Wildman–Crippen LogP) is 3.39. The number of hydrogen-bond donors (Lipinski definition) is 1. The van der Waals surface area contributed by atoms with Gasteiger partial charge in [0.25, 0.3) is 11.6 Å². The molecule has 1 aromatic carbocycles. The summed E-state index contributed by atoms with van der Waals surface area (Å²) >= 11 is 5.68. The van der Waals surface area contributed by atoms with E-state index in [0.717, 1.165) is 6.07 Å². The van der Waals surface area contributed by atoms with Gasteiger partial charge in [-0.3, -0.25) is 14.9 Å². The summed E-state index contributed by atoms with van der Waals surface area (Å²) in [5.74, 6) is -0.371. The van der Waals surface area contributed by atoms with E-state index in [1.54, 1.807) is 18.2 Å². The molecule has 0 spiro atoms. The van der Waals surface area contributed by atoms with E-state index in [1.807, 2.05) is 0 Å². The Bertz CT molecular complexity index is 791. The van der Waals surface area contributed by atoms with Crippen LogP contribution in [0.2, 0.25) is 5.02 Å². The average Bonchev–Trinajstić information content (AvgIpc) is 2.99. The summed E-state index contributed by atoms with van der Waals surface area (Å²) < 4.78 is 5.02. The summed E-state index contributed by atoms with van der Waals surface area (Å²) in [4.78, 5) is 22.1. The Hall–Kier alpha value is -3.11. The van der Waals surface area contributed by atoms with Crippen molar-refractivity contribution in [2.75, 3.05) is 5.32 Å². The number of halogens is 1. The van der Waals surface area contributed by atoms with E-state index in [4.69, 9.17) is 21.3 Å². The van der Waals surface area contributed by atoms with Gasteiger partial charge in [0.2, 0.25) is 0 Å².